The largest absolute Gasteiger partial charge is 0.306 e. The quantitative estimate of drug-likeness (QED) is 0.183. The van der Waals surface area contributed by atoms with E-state index in [0.717, 1.165) is 55.7 Å². The second-order valence-electron chi connectivity index (χ2n) is 14.1. The molecule has 0 spiro atoms. The van der Waals surface area contributed by atoms with Crippen LogP contribution in [0.3, 0.4) is 0 Å². The van der Waals surface area contributed by atoms with Gasteiger partial charge in [0.05, 0.1) is 39.1 Å². The van der Waals surface area contributed by atoms with Gasteiger partial charge in [0, 0.05) is 38.4 Å². The number of benzene rings is 8. The molecule has 6 heteroatoms. The molecule has 0 bridgehead atoms. The Morgan fingerprint density at radius 2 is 0.964 bits per heavy atom. The minimum Gasteiger partial charge on any atom is -0.306 e. The maximum Gasteiger partial charge on any atom is 0.238 e. The molecule has 0 unspecified atom stereocenters. The lowest BCUT2D eigenvalue weighted by Gasteiger charge is -2.33. The molecule has 55 heavy (non-hydrogen) atoms. The van der Waals surface area contributed by atoms with Gasteiger partial charge in [-0.3, -0.25) is 4.57 Å². The van der Waals surface area contributed by atoms with Crippen LogP contribution in [0.15, 0.2) is 182 Å². The molecule has 0 fully saturated rings. The number of hydrogen-bond donors (Lipinski definition) is 0. The molecule has 6 nitrogen and oxygen atoms in total. The van der Waals surface area contributed by atoms with Crippen molar-refractivity contribution in [1.29, 1.82) is 0 Å². The van der Waals surface area contributed by atoms with Crippen molar-refractivity contribution in [3.8, 4) is 34.4 Å². The SMILES string of the molecule is c1ccc(-c2nc(-c3ccccc3)nc(-n3c4ccccc4c4c5c6c(cc43)c3cc4ccccc4cc3n6-c3ccccc3N5c3ccccc3)n2)cc1. The van der Waals surface area contributed by atoms with E-state index >= 15 is 0 Å². The fourth-order valence-corrected chi connectivity index (χ4v) is 8.67. The summed E-state index contributed by atoms with van der Waals surface area (Å²) in [6, 6.07) is 64.3. The first-order valence-electron chi connectivity index (χ1n) is 18.6. The van der Waals surface area contributed by atoms with E-state index in [0.29, 0.717) is 17.6 Å². The predicted molar refractivity (Wildman–Crippen MR) is 225 cm³/mol. The van der Waals surface area contributed by atoms with E-state index in [4.69, 9.17) is 15.0 Å². The molecule has 0 amide bonds. The molecule has 12 rings (SSSR count). The van der Waals surface area contributed by atoms with E-state index in [1.165, 1.54) is 32.6 Å². The fourth-order valence-electron chi connectivity index (χ4n) is 8.67. The molecule has 0 aliphatic carbocycles. The van der Waals surface area contributed by atoms with Gasteiger partial charge in [0.2, 0.25) is 5.95 Å². The van der Waals surface area contributed by atoms with Crippen molar-refractivity contribution in [3.63, 3.8) is 0 Å². The van der Waals surface area contributed by atoms with Gasteiger partial charge in [0.15, 0.2) is 11.6 Å². The van der Waals surface area contributed by atoms with Gasteiger partial charge in [-0.15, -0.1) is 0 Å². The third-order valence-corrected chi connectivity index (χ3v) is 11.0. The van der Waals surface area contributed by atoms with E-state index in [1.54, 1.807) is 0 Å². The van der Waals surface area contributed by atoms with Crippen LogP contribution in [-0.4, -0.2) is 24.1 Å². The van der Waals surface area contributed by atoms with Crippen LogP contribution in [0.25, 0.3) is 88.8 Å². The highest BCUT2D eigenvalue weighted by molar-refractivity contribution is 6.29. The highest BCUT2D eigenvalue weighted by atomic mass is 15.2. The Morgan fingerprint density at radius 1 is 0.382 bits per heavy atom. The van der Waals surface area contributed by atoms with Crippen LogP contribution in [0, 0.1) is 0 Å². The van der Waals surface area contributed by atoms with Crippen LogP contribution in [0.4, 0.5) is 17.1 Å². The summed E-state index contributed by atoms with van der Waals surface area (Å²) in [5.41, 5.74) is 10.8. The van der Waals surface area contributed by atoms with E-state index < -0.39 is 0 Å². The van der Waals surface area contributed by atoms with Crippen LogP contribution in [-0.2, 0) is 0 Å². The van der Waals surface area contributed by atoms with Crippen molar-refractivity contribution in [2.75, 3.05) is 4.90 Å². The van der Waals surface area contributed by atoms with Crippen LogP contribution in [0.5, 0.6) is 0 Å². The van der Waals surface area contributed by atoms with Gasteiger partial charge in [-0.2, -0.15) is 9.97 Å². The summed E-state index contributed by atoms with van der Waals surface area (Å²) in [7, 11) is 0. The number of nitrogens with zero attached hydrogens (tertiary/aromatic N) is 6. The Balaban J connectivity index is 1.29. The summed E-state index contributed by atoms with van der Waals surface area (Å²) < 4.78 is 4.73. The van der Waals surface area contributed by atoms with Crippen molar-refractivity contribution in [1.82, 2.24) is 24.1 Å². The summed E-state index contributed by atoms with van der Waals surface area (Å²) in [5, 5.41) is 7.05. The molecule has 256 valence electrons. The summed E-state index contributed by atoms with van der Waals surface area (Å²) in [6.07, 6.45) is 0. The molecule has 0 N–H and O–H groups in total. The van der Waals surface area contributed by atoms with Gasteiger partial charge in [-0.05, 0) is 59.3 Å². The second kappa shape index (κ2) is 11.5. The maximum atomic E-state index is 5.26. The van der Waals surface area contributed by atoms with E-state index in [-0.39, 0.29) is 0 Å². The first kappa shape index (κ1) is 29.9. The van der Waals surface area contributed by atoms with Crippen molar-refractivity contribution in [2.24, 2.45) is 0 Å². The Morgan fingerprint density at radius 3 is 1.67 bits per heavy atom. The number of fused-ring (bicyclic) bond motifs is 10. The molecule has 0 radical (unpaired) electrons. The van der Waals surface area contributed by atoms with E-state index in [2.05, 4.69) is 160 Å². The Kier molecular flexibility index (Phi) is 6.24. The number of aromatic nitrogens is 5. The zero-order valence-electron chi connectivity index (χ0n) is 29.5. The lowest BCUT2D eigenvalue weighted by molar-refractivity contribution is 0.953. The maximum absolute atomic E-state index is 5.26. The zero-order chi connectivity index (χ0) is 36.0. The summed E-state index contributed by atoms with van der Waals surface area (Å²) >= 11 is 0. The fraction of sp³-hybridized carbons (Fsp3) is 0. The normalized spacial score (nSPS) is 12.3. The molecule has 1 aliphatic rings. The predicted octanol–water partition coefficient (Wildman–Crippen LogP) is 12.3. The van der Waals surface area contributed by atoms with Crippen molar-refractivity contribution in [3.05, 3.63) is 182 Å². The summed E-state index contributed by atoms with van der Waals surface area (Å²) in [4.78, 5) is 18.0. The molecule has 0 atom stereocenters. The second-order valence-corrected chi connectivity index (χ2v) is 14.1. The standard InChI is InChI=1S/C49H30N6/c1-4-16-31(17-5-1)47-50-48(32-18-6-2-7-19-32)52-49(51-47)55-39-25-13-12-24-36(39)44-43(55)30-38-37-28-33-20-10-11-21-34(33)29-42(37)54-41-27-15-14-26-40(41)53(46(44)45(38)54)35-22-8-3-9-23-35/h1-30H. The minimum atomic E-state index is 0.571. The number of para-hydroxylation sites is 4. The molecule has 3 aromatic heterocycles. The average molecular weight is 703 g/mol. The van der Waals surface area contributed by atoms with E-state index in [1.807, 2.05) is 36.4 Å². The molecule has 0 saturated carbocycles. The lowest BCUT2D eigenvalue weighted by atomic mass is 10.0. The van der Waals surface area contributed by atoms with Crippen LogP contribution < -0.4 is 4.90 Å². The minimum absolute atomic E-state index is 0.571. The van der Waals surface area contributed by atoms with Crippen molar-refractivity contribution in [2.45, 2.75) is 0 Å². The Bertz CT molecular complexity index is 3250. The van der Waals surface area contributed by atoms with Gasteiger partial charge in [0.1, 0.15) is 0 Å². The molecule has 0 saturated heterocycles. The number of hydrogen-bond acceptors (Lipinski definition) is 4. The van der Waals surface area contributed by atoms with E-state index in [9.17, 15) is 0 Å². The summed E-state index contributed by atoms with van der Waals surface area (Å²) in [5.74, 6) is 1.82. The smallest absolute Gasteiger partial charge is 0.238 e. The van der Waals surface area contributed by atoms with Crippen molar-refractivity contribution >= 4 is 71.4 Å². The molecule has 1 aliphatic heterocycles. The molecule has 4 heterocycles. The van der Waals surface area contributed by atoms with Crippen molar-refractivity contribution < 1.29 is 0 Å². The highest BCUT2D eigenvalue weighted by Gasteiger charge is 2.33. The average Bonchev–Trinajstić information content (AvgIpc) is 3.76. The molecule has 8 aromatic carbocycles. The first-order valence-corrected chi connectivity index (χ1v) is 18.6. The number of rotatable bonds is 4. The zero-order valence-corrected chi connectivity index (χ0v) is 29.5. The Labute approximate surface area is 315 Å². The number of anilines is 3. The monoisotopic (exact) mass is 702 g/mol. The molecular formula is C49H30N6. The lowest BCUT2D eigenvalue weighted by Crippen LogP contribution is -2.18. The first-order chi connectivity index (χ1) is 27.3. The highest BCUT2D eigenvalue weighted by Crippen LogP contribution is 2.54. The topological polar surface area (TPSA) is 51.8 Å². The summed E-state index contributed by atoms with van der Waals surface area (Å²) in [6.45, 7) is 0. The van der Waals surface area contributed by atoms with Gasteiger partial charge >= 0.3 is 0 Å². The van der Waals surface area contributed by atoms with Gasteiger partial charge < -0.3 is 9.47 Å². The van der Waals surface area contributed by atoms with Gasteiger partial charge in [-0.25, -0.2) is 4.98 Å². The Hall–Kier alpha value is -7.57. The third kappa shape index (κ3) is 4.33. The van der Waals surface area contributed by atoms with Gasteiger partial charge in [0.25, 0.3) is 0 Å². The van der Waals surface area contributed by atoms with Crippen LogP contribution in [0.2, 0.25) is 0 Å². The van der Waals surface area contributed by atoms with Gasteiger partial charge in [-0.1, -0.05) is 133 Å². The molecular weight excluding hydrogens is 673 g/mol. The van der Waals surface area contributed by atoms with Crippen LogP contribution >= 0.6 is 0 Å². The molecule has 11 aromatic rings. The third-order valence-electron chi connectivity index (χ3n) is 11.0. The van der Waals surface area contributed by atoms with Crippen LogP contribution in [0.1, 0.15) is 0 Å².